The molecule has 0 aliphatic carbocycles. The lowest BCUT2D eigenvalue weighted by Gasteiger charge is -2.16. The van der Waals surface area contributed by atoms with Gasteiger partial charge in [-0.15, -0.1) is 0 Å². The van der Waals surface area contributed by atoms with Crippen LogP contribution in [0.1, 0.15) is 20.3 Å². The van der Waals surface area contributed by atoms with E-state index in [1.165, 1.54) is 0 Å². The number of benzene rings is 1. The quantitative estimate of drug-likeness (QED) is 0.798. The van der Waals surface area contributed by atoms with Gasteiger partial charge in [-0.25, -0.2) is 4.98 Å². The standard InChI is InChI=1S/C14H21N3OS/c1-4-9(2)11(15)8-19-14-16-12-6-5-10(18-3)7-13(12)17-14/h5-7,9,11H,4,8,15H2,1-3H3,(H,16,17). The van der Waals surface area contributed by atoms with E-state index in [1.807, 2.05) is 18.2 Å². The number of hydrogen-bond donors (Lipinski definition) is 2. The highest BCUT2D eigenvalue weighted by Crippen LogP contribution is 2.24. The zero-order chi connectivity index (χ0) is 13.8. The molecule has 1 aromatic heterocycles. The van der Waals surface area contributed by atoms with E-state index in [0.29, 0.717) is 5.92 Å². The predicted octanol–water partition coefficient (Wildman–Crippen LogP) is 3.04. The van der Waals surface area contributed by atoms with Crippen LogP contribution in [0, 0.1) is 5.92 Å². The molecular weight excluding hydrogens is 258 g/mol. The average Bonchev–Trinajstić information content (AvgIpc) is 2.85. The molecule has 4 nitrogen and oxygen atoms in total. The molecule has 2 unspecified atom stereocenters. The van der Waals surface area contributed by atoms with Crippen molar-refractivity contribution in [2.24, 2.45) is 11.7 Å². The summed E-state index contributed by atoms with van der Waals surface area (Å²) in [5.41, 5.74) is 8.09. The Morgan fingerprint density at radius 2 is 2.26 bits per heavy atom. The summed E-state index contributed by atoms with van der Waals surface area (Å²) in [5.74, 6) is 2.26. The van der Waals surface area contributed by atoms with Gasteiger partial charge < -0.3 is 15.5 Å². The number of fused-ring (bicyclic) bond motifs is 1. The molecule has 0 bridgehead atoms. The summed E-state index contributed by atoms with van der Waals surface area (Å²) in [6.07, 6.45) is 1.11. The van der Waals surface area contributed by atoms with Gasteiger partial charge in [0.05, 0.1) is 18.1 Å². The molecule has 104 valence electrons. The number of nitrogens with one attached hydrogen (secondary N) is 1. The van der Waals surface area contributed by atoms with Crippen LogP contribution in [-0.4, -0.2) is 28.9 Å². The first-order valence-corrected chi connectivity index (χ1v) is 7.54. The van der Waals surface area contributed by atoms with Crippen molar-refractivity contribution in [1.82, 2.24) is 9.97 Å². The molecule has 1 aromatic carbocycles. The van der Waals surface area contributed by atoms with Gasteiger partial charge in [-0.1, -0.05) is 32.0 Å². The van der Waals surface area contributed by atoms with Crippen LogP contribution in [0.5, 0.6) is 5.75 Å². The molecule has 0 fully saturated rings. The van der Waals surface area contributed by atoms with Crippen molar-refractivity contribution in [2.75, 3.05) is 12.9 Å². The Hall–Kier alpha value is -1.20. The van der Waals surface area contributed by atoms with Gasteiger partial charge >= 0.3 is 0 Å². The zero-order valence-corrected chi connectivity index (χ0v) is 12.5. The molecule has 5 heteroatoms. The van der Waals surface area contributed by atoms with Gasteiger partial charge in [0.2, 0.25) is 0 Å². The largest absolute Gasteiger partial charge is 0.497 e. The van der Waals surface area contributed by atoms with E-state index in [4.69, 9.17) is 10.5 Å². The average molecular weight is 279 g/mol. The summed E-state index contributed by atoms with van der Waals surface area (Å²) in [7, 11) is 1.67. The Balaban J connectivity index is 2.05. The van der Waals surface area contributed by atoms with E-state index >= 15 is 0 Å². The first-order chi connectivity index (χ1) is 9.13. The SMILES string of the molecule is CCC(C)C(N)CSc1nc2ccc(OC)cc2[nH]1. The second-order valence-electron chi connectivity index (χ2n) is 4.79. The first kappa shape index (κ1) is 14.2. The third-order valence-electron chi connectivity index (χ3n) is 3.45. The second kappa shape index (κ2) is 6.30. The molecule has 0 aliphatic heterocycles. The van der Waals surface area contributed by atoms with Crippen LogP contribution in [0.3, 0.4) is 0 Å². The van der Waals surface area contributed by atoms with Gasteiger partial charge in [0, 0.05) is 17.9 Å². The normalized spacial score (nSPS) is 14.5. The van der Waals surface area contributed by atoms with Crippen molar-refractivity contribution in [3.8, 4) is 5.75 Å². The van der Waals surface area contributed by atoms with Gasteiger partial charge in [-0.05, 0) is 18.1 Å². The highest BCUT2D eigenvalue weighted by atomic mass is 32.2. The number of aromatic nitrogens is 2. The van der Waals surface area contributed by atoms with E-state index in [1.54, 1.807) is 18.9 Å². The van der Waals surface area contributed by atoms with Crippen LogP contribution in [0.2, 0.25) is 0 Å². The van der Waals surface area contributed by atoms with Crippen molar-refractivity contribution in [3.05, 3.63) is 18.2 Å². The molecule has 2 aromatic rings. The van der Waals surface area contributed by atoms with Crippen LogP contribution < -0.4 is 10.5 Å². The number of methoxy groups -OCH3 is 1. The smallest absolute Gasteiger partial charge is 0.166 e. The van der Waals surface area contributed by atoms with Crippen LogP contribution in [-0.2, 0) is 0 Å². The molecule has 0 amide bonds. The Morgan fingerprint density at radius 3 is 2.95 bits per heavy atom. The predicted molar refractivity (Wildman–Crippen MR) is 80.8 cm³/mol. The van der Waals surface area contributed by atoms with Crippen molar-refractivity contribution >= 4 is 22.8 Å². The fraction of sp³-hybridized carbons (Fsp3) is 0.500. The highest BCUT2D eigenvalue weighted by molar-refractivity contribution is 7.99. The lowest BCUT2D eigenvalue weighted by molar-refractivity contribution is 0.415. The van der Waals surface area contributed by atoms with E-state index in [9.17, 15) is 0 Å². The van der Waals surface area contributed by atoms with Crippen LogP contribution in [0.15, 0.2) is 23.4 Å². The second-order valence-corrected chi connectivity index (χ2v) is 5.79. The number of rotatable bonds is 6. The molecular formula is C14H21N3OS. The van der Waals surface area contributed by atoms with Crippen LogP contribution >= 0.6 is 11.8 Å². The zero-order valence-electron chi connectivity index (χ0n) is 11.6. The Morgan fingerprint density at radius 1 is 1.47 bits per heavy atom. The van der Waals surface area contributed by atoms with Gasteiger partial charge in [0.1, 0.15) is 5.75 Å². The van der Waals surface area contributed by atoms with Crippen LogP contribution in [0.25, 0.3) is 11.0 Å². The van der Waals surface area contributed by atoms with Gasteiger partial charge in [0.15, 0.2) is 5.16 Å². The van der Waals surface area contributed by atoms with E-state index < -0.39 is 0 Å². The number of ether oxygens (including phenoxy) is 1. The maximum atomic E-state index is 6.13. The molecule has 0 aliphatic rings. The van der Waals surface area contributed by atoms with Crippen molar-refractivity contribution in [2.45, 2.75) is 31.5 Å². The molecule has 2 atom stereocenters. The van der Waals surface area contributed by atoms with Crippen molar-refractivity contribution in [3.63, 3.8) is 0 Å². The minimum absolute atomic E-state index is 0.206. The summed E-state index contributed by atoms with van der Waals surface area (Å²) < 4.78 is 5.20. The third-order valence-corrected chi connectivity index (χ3v) is 4.47. The van der Waals surface area contributed by atoms with E-state index in [0.717, 1.165) is 34.1 Å². The first-order valence-electron chi connectivity index (χ1n) is 6.56. The number of aromatic amines is 1. The van der Waals surface area contributed by atoms with Gasteiger partial charge in [0.25, 0.3) is 0 Å². The molecule has 2 rings (SSSR count). The number of nitrogens with two attached hydrogens (primary N) is 1. The minimum Gasteiger partial charge on any atom is -0.497 e. The fourth-order valence-electron chi connectivity index (χ4n) is 1.80. The van der Waals surface area contributed by atoms with Crippen molar-refractivity contribution < 1.29 is 4.74 Å². The van der Waals surface area contributed by atoms with E-state index in [-0.39, 0.29) is 6.04 Å². The number of thioether (sulfide) groups is 1. The third kappa shape index (κ3) is 3.42. The minimum atomic E-state index is 0.206. The molecule has 0 saturated carbocycles. The molecule has 0 radical (unpaired) electrons. The van der Waals surface area contributed by atoms with E-state index in [2.05, 4.69) is 23.8 Å². The summed E-state index contributed by atoms with van der Waals surface area (Å²) >= 11 is 1.68. The summed E-state index contributed by atoms with van der Waals surface area (Å²) in [5, 5.41) is 0.919. The lowest BCUT2D eigenvalue weighted by Crippen LogP contribution is -2.30. The number of hydrogen-bond acceptors (Lipinski definition) is 4. The molecule has 3 N–H and O–H groups in total. The molecule has 19 heavy (non-hydrogen) atoms. The van der Waals surface area contributed by atoms with Crippen molar-refractivity contribution in [1.29, 1.82) is 0 Å². The number of imidazole rings is 1. The molecule has 1 heterocycles. The maximum absolute atomic E-state index is 6.13. The number of H-pyrrole nitrogens is 1. The topological polar surface area (TPSA) is 63.9 Å². The molecule has 0 spiro atoms. The summed E-state index contributed by atoms with van der Waals surface area (Å²) in [4.78, 5) is 7.84. The van der Waals surface area contributed by atoms with Gasteiger partial charge in [-0.3, -0.25) is 0 Å². The summed E-state index contributed by atoms with van der Waals surface area (Å²) in [6.45, 7) is 4.36. The van der Waals surface area contributed by atoms with Gasteiger partial charge in [-0.2, -0.15) is 0 Å². The molecule has 0 saturated heterocycles. The summed E-state index contributed by atoms with van der Waals surface area (Å²) in [6, 6.07) is 6.05. The Kier molecular flexibility index (Phi) is 4.71. The highest BCUT2D eigenvalue weighted by Gasteiger charge is 2.12. The Labute approximate surface area is 118 Å². The van der Waals surface area contributed by atoms with Crippen LogP contribution in [0.4, 0.5) is 0 Å². The monoisotopic (exact) mass is 279 g/mol. The number of nitrogens with zero attached hydrogens (tertiary/aromatic N) is 1. The lowest BCUT2D eigenvalue weighted by atomic mass is 10.0. The Bertz CT molecular complexity index is 540. The fourth-order valence-corrected chi connectivity index (χ4v) is 2.83. The maximum Gasteiger partial charge on any atom is 0.166 e.